The summed E-state index contributed by atoms with van der Waals surface area (Å²) in [6.45, 7) is 20.4. The summed E-state index contributed by atoms with van der Waals surface area (Å²) in [7, 11) is 0. The Hall–Kier alpha value is -2.68. The first-order valence-electron chi connectivity index (χ1n) is 8.89. The molecule has 0 bridgehead atoms. The van der Waals surface area contributed by atoms with Crippen molar-refractivity contribution < 1.29 is 0 Å². The normalized spacial score (nSPS) is 13.6. The molecule has 0 saturated carbocycles. The fraction of sp³-hybridized carbons (Fsp3) is 0.304. The Bertz CT molecular complexity index is 928. The zero-order valence-electron chi connectivity index (χ0n) is 16.8. The van der Waals surface area contributed by atoms with Crippen LogP contribution in [0.25, 0.3) is 17.1 Å². The van der Waals surface area contributed by atoms with Crippen molar-refractivity contribution in [1.82, 2.24) is 9.97 Å². The number of rotatable bonds is 5. The van der Waals surface area contributed by atoms with Gasteiger partial charge < -0.3 is 4.98 Å². The number of allylic oxidation sites excluding steroid dienone is 4. The second kappa shape index (κ2) is 7.69. The molecule has 0 aliphatic carbocycles. The van der Waals surface area contributed by atoms with E-state index in [4.69, 9.17) is 4.98 Å². The van der Waals surface area contributed by atoms with Crippen LogP contribution < -0.4 is 0 Å². The van der Waals surface area contributed by atoms with Crippen molar-refractivity contribution in [2.45, 2.75) is 41.5 Å². The lowest BCUT2D eigenvalue weighted by atomic mass is 9.84. The highest BCUT2D eigenvalue weighted by Crippen LogP contribution is 2.29. The standard InChI is InChI=1S/C23H29N3/c1-9-12-17(23(6,7)8)13-21(24-11-3)19-14-20-18(10-2)15(4)25-22(20)26-16(19)5/h9-14H,2-3H2,1,4-8H3,(H,25,26)/b12-9-,17-13+,24-21?. The van der Waals surface area contributed by atoms with Crippen LogP contribution in [0.3, 0.4) is 0 Å². The Kier molecular flexibility index (Phi) is 5.81. The molecule has 0 radical (unpaired) electrons. The number of aromatic amines is 1. The number of aryl methyl sites for hydroxylation is 2. The van der Waals surface area contributed by atoms with Crippen molar-refractivity contribution in [2.24, 2.45) is 10.4 Å². The number of aromatic nitrogens is 2. The summed E-state index contributed by atoms with van der Waals surface area (Å²) < 4.78 is 0. The number of aliphatic imine (C=N–C) groups is 1. The van der Waals surface area contributed by atoms with E-state index >= 15 is 0 Å². The lowest BCUT2D eigenvalue weighted by Crippen LogP contribution is -2.11. The van der Waals surface area contributed by atoms with Gasteiger partial charge in [-0.2, -0.15) is 0 Å². The lowest BCUT2D eigenvalue weighted by Gasteiger charge is -2.21. The first-order chi connectivity index (χ1) is 12.2. The number of H-pyrrole nitrogens is 1. The largest absolute Gasteiger partial charge is 0.343 e. The van der Waals surface area contributed by atoms with Crippen molar-refractivity contribution in [3.05, 3.63) is 71.7 Å². The zero-order valence-corrected chi connectivity index (χ0v) is 16.8. The molecule has 0 atom stereocenters. The van der Waals surface area contributed by atoms with Crippen LogP contribution in [0.5, 0.6) is 0 Å². The van der Waals surface area contributed by atoms with Crippen LogP contribution in [0.15, 0.2) is 54.2 Å². The smallest absolute Gasteiger partial charge is 0.138 e. The molecule has 26 heavy (non-hydrogen) atoms. The third-order valence-electron chi connectivity index (χ3n) is 4.43. The number of hydrogen-bond acceptors (Lipinski definition) is 2. The van der Waals surface area contributed by atoms with E-state index in [1.807, 2.05) is 26.8 Å². The molecule has 2 rings (SSSR count). The van der Waals surface area contributed by atoms with Gasteiger partial charge in [-0.15, -0.1) is 0 Å². The minimum atomic E-state index is 0.0107. The Morgan fingerprint density at radius 3 is 2.46 bits per heavy atom. The van der Waals surface area contributed by atoms with Crippen LogP contribution in [-0.4, -0.2) is 15.7 Å². The summed E-state index contributed by atoms with van der Waals surface area (Å²) in [4.78, 5) is 12.6. The number of hydrogen-bond donors (Lipinski definition) is 1. The summed E-state index contributed by atoms with van der Waals surface area (Å²) in [5.41, 5.74) is 7.05. The fourth-order valence-corrected chi connectivity index (χ4v) is 3.00. The molecule has 0 aliphatic rings. The fourth-order valence-electron chi connectivity index (χ4n) is 3.00. The molecule has 2 aromatic heterocycles. The van der Waals surface area contributed by atoms with Gasteiger partial charge in [0.25, 0.3) is 0 Å². The first kappa shape index (κ1) is 19.6. The average Bonchev–Trinajstić information content (AvgIpc) is 2.86. The van der Waals surface area contributed by atoms with Crippen LogP contribution >= 0.6 is 0 Å². The molecule has 3 nitrogen and oxygen atoms in total. The topological polar surface area (TPSA) is 41.0 Å². The predicted octanol–water partition coefficient (Wildman–Crippen LogP) is 6.30. The summed E-state index contributed by atoms with van der Waals surface area (Å²) in [6.07, 6.45) is 9.78. The average molecular weight is 348 g/mol. The maximum atomic E-state index is 4.76. The molecule has 2 heterocycles. The summed E-state index contributed by atoms with van der Waals surface area (Å²) in [5.74, 6) is 0. The molecule has 136 valence electrons. The third kappa shape index (κ3) is 3.93. The van der Waals surface area contributed by atoms with Gasteiger partial charge in [-0.05, 0) is 43.9 Å². The third-order valence-corrected chi connectivity index (χ3v) is 4.43. The van der Waals surface area contributed by atoms with Crippen molar-refractivity contribution in [1.29, 1.82) is 0 Å². The Morgan fingerprint density at radius 1 is 1.23 bits per heavy atom. The van der Waals surface area contributed by atoms with Crippen molar-refractivity contribution in [3.8, 4) is 0 Å². The van der Waals surface area contributed by atoms with Crippen molar-refractivity contribution in [2.75, 3.05) is 0 Å². The van der Waals surface area contributed by atoms with E-state index < -0.39 is 0 Å². The van der Waals surface area contributed by atoms with Gasteiger partial charge in [0.2, 0.25) is 0 Å². The van der Waals surface area contributed by atoms with Crippen LogP contribution in [-0.2, 0) is 0 Å². The number of fused-ring (bicyclic) bond motifs is 1. The molecule has 3 heteroatoms. The minimum absolute atomic E-state index is 0.0107. The van der Waals surface area contributed by atoms with Gasteiger partial charge in [0.15, 0.2) is 0 Å². The van der Waals surface area contributed by atoms with Gasteiger partial charge >= 0.3 is 0 Å². The Morgan fingerprint density at radius 2 is 1.92 bits per heavy atom. The molecule has 0 fully saturated rings. The second-order valence-electron chi connectivity index (χ2n) is 7.43. The highest BCUT2D eigenvalue weighted by atomic mass is 14.9. The first-order valence-corrected chi connectivity index (χ1v) is 8.89. The molecule has 2 aromatic rings. The number of nitrogens with one attached hydrogen (secondary N) is 1. The van der Waals surface area contributed by atoms with Crippen molar-refractivity contribution in [3.63, 3.8) is 0 Å². The molecule has 0 unspecified atom stereocenters. The van der Waals surface area contributed by atoms with Gasteiger partial charge in [0.05, 0.1) is 5.71 Å². The molecular formula is C23H29N3. The van der Waals surface area contributed by atoms with Crippen LogP contribution in [0.4, 0.5) is 0 Å². The number of pyridine rings is 1. The van der Waals surface area contributed by atoms with Gasteiger partial charge in [0.1, 0.15) is 5.65 Å². The van der Waals surface area contributed by atoms with Gasteiger partial charge in [-0.25, -0.2) is 4.98 Å². The highest BCUT2D eigenvalue weighted by molar-refractivity contribution is 6.12. The molecular weight excluding hydrogens is 318 g/mol. The van der Waals surface area contributed by atoms with E-state index in [0.29, 0.717) is 0 Å². The van der Waals surface area contributed by atoms with E-state index in [1.165, 1.54) is 5.57 Å². The molecule has 0 spiro atoms. The SMILES string of the molecule is C=CN=C(/C=C(\C=C/C)C(C)(C)C)c1cc2c(C=C)c(C)[nH]c2nc1C. The van der Waals surface area contributed by atoms with Crippen LogP contribution in [0, 0.1) is 19.3 Å². The predicted molar refractivity (Wildman–Crippen MR) is 115 cm³/mol. The van der Waals surface area contributed by atoms with Gasteiger partial charge in [-0.3, -0.25) is 4.99 Å². The van der Waals surface area contributed by atoms with Crippen molar-refractivity contribution >= 4 is 22.8 Å². The second-order valence-corrected chi connectivity index (χ2v) is 7.43. The molecule has 1 N–H and O–H groups in total. The van der Waals surface area contributed by atoms with Gasteiger partial charge in [-0.1, -0.05) is 52.2 Å². The highest BCUT2D eigenvalue weighted by Gasteiger charge is 2.18. The molecule has 0 aliphatic heterocycles. The van der Waals surface area contributed by atoms with E-state index in [1.54, 1.807) is 6.20 Å². The monoisotopic (exact) mass is 347 g/mol. The van der Waals surface area contributed by atoms with Gasteiger partial charge in [0, 0.05) is 34.1 Å². The zero-order chi connectivity index (χ0) is 19.5. The molecule has 0 saturated heterocycles. The quantitative estimate of drug-likeness (QED) is 0.500. The number of nitrogens with zero attached hydrogens (tertiary/aromatic N) is 2. The summed E-state index contributed by atoms with van der Waals surface area (Å²) >= 11 is 0. The Labute approximate surface area is 157 Å². The maximum absolute atomic E-state index is 4.76. The molecule has 0 amide bonds. The van der Waals surface area contributed by atoms with Crippen LogP contribution in [0.2, 0.25) is 0 Å². The summed E-state index contributed by atoms with van der Waals surface area (Å²) in [6, 6.07) is 2.15. The Balaban J connectivity index is 2.75. The molecule has 0 aromatic carbocycles. The van der Waals surface area contributed by atoms with Crippen LogP contribution in [0.1, 0.15) is 50.2 Å². The summed E-state index contributed by atoms with van der Waals surface area (Å²) in [5, 5.41) is 1.06. The lowest BCUT2D eigenvalue weighted by molar-refractivity contribution is 0.517. The van der Waals surface area contributed by atoms with E-state index in [-0.39, 0.29) is 5.41 Å². The maximum Gasteiger partial charge on any atom is 0.138 e. The minimum Gasteiger partial charge on any atom is -0.343 e. The van der Waals surface area contributed by atoms with E-state index in [0.717, 1.165) is 39.3 Å². The van der Waals surface area contributed by atoms with E-state index in [2.05, 4.69) is 68.2 Å². The van der Waals surface area contributed by atoms with E-state index in [9.17, 15) is 0 Å².